The molecule has 4 N–H and O–H groups in total. The second-order valence-electron chi connectivity index (χ2n) is 7.32. The van der Waals surface area contributed by atoms with E-state index in [0.29, 0.717) is 30.1 Å². The van der Waals surface area contributed by atoms with Crippen molar-refractivity contribution in [1.82, 2.24) is 19.5 Å². The van der Waals surface area contributed by atoms with Gasteiger partial charge in [0, 0.05) is 12.1 Å². The molecule has 0 saturated carbocycles. The normalized spacial score (nSPS) is 26.2. The minimum Gasteiger partial charge on any atom is -0.494 e. The van der Waals surface area contributed by atoms with Gasteiger partial charge in [0.25, 0.3) is 0 Å². The first kappa shape index (κ1) is 20.5. The predicted molar refractivity (Wildman–Crippen MR) is 108 cm³/mol. The van der Waals surface area contributed by atoms with E-state index in [1.54, 1.807) is 0 Å². The number of hydrogen-bond acceptors (Lipinski definition) is 9. The van der Waals surface area contributed by atoms with Crippen LogP contribution in [0.5, 0.6) is 5.75 Å². The molecule has 30 heavy (non-hydrogen) atoms. The van der Waals surface area contributed by atoms with Gasteiger partial charge >= 0.3 is 0 Å². The van der Waals surface area contributed by atoms with E-state index in [1.165, 1.54) is 24.1 Å². The summed E-state index contributed by atoms with van der Waals surface area (Å²) in [5.41, 5.74) is 0.270. The van der Waals surface area contributed by atoms with E-state index in [1.807, 2.05) is 31.2 Å². The van der Waals surface area contributed by atoms with Crippen molar-refractivity contribution in [2.24, 2.45) is 0 Å². The zero-order valence-corrected chi connectivity index (χ0v) is 16.8. The van der Waals surface area contributed by atoms with Gasteiger partial charge in [0.2, 0.25) is 0 Å². The molecule has 4 rings (SSSR count). The molecule has 1 aromatic carbocycles. The summed E-state index contributed by atoms with van der Waals surface area (Å²) in [4.78, 5) is 13.0. The monoisotopic (exact) mass is 415 g/mol. The minimum absolute atomic E-state index is 0.415. The topological polar surface area (TPSA) is 135 Å². The molecule has 160 valence electrons. The number of nitrogens with one attached hydrogen (secondary N) is 1. The van der Waals surface area contributed by atoms with Crippen LogP contribution in [-0.4, -0.2) is 65.9 Å². The highest BCUT2D eigenvalue weighted by atomic mass is 16.6. The molecular formula is C20H25N5O5. The molecule has 1 fully saturated rings. The van der Waals surface area contributed by atoms with Crippen molar-refractivity contribution in [1.29, 1.82) is 0 Å². The number of hydrogen-bond donors (Lipinski definition) is 4. The molecule has 0 radical (unpaired) electrons. The van der Waals surface area contributed by atoms with E-state index in [-0.39, 0.29) is 0 Å². The number of benzene rings is 1. The number of fused-ring (bicyclic) bond motifs is 1. The Morgan fingerprint density at radius 3 is 2.80 bits per heavy atom. The lowest BCUT2D eigenvalue weighted by atomic mass is 9.96. The van der Waals surface area contributed by atoms with Gasteiger partial charge in [-0.3, -0.25) is 4.57 Å². The first-order chi connectivity index (χ1) is 14.5. The highest BCUT2D eigenvalue weighted by Gasteiger charge is 2.53. The summed E-state index contributed by atoms with van der Waals surface area (Å²) in [5, 5.41) is 33.7. The van der Waals surface area contributed by atoms with Gasteiger partial charge in [0.1, 0.15) is 29.9 Å². The number of imidazole rings is 1. The molecule has 3 aromatic rings. The predicted octanol–water partition coefficient (Wildman–Crippen LogP) is 0.839. The van der Waals surface area contributed by atoms with Gasteiger partial charge in [-0.1, -0.05) is 18.2 Å². The van der Waals surface area contributed by atoms with E-state index < -0.39 is 30.6 Å². The van der Waals surface area contributed by atoms with Crippen molar-refractivity contribution < 1.29 is 24.8 Å². The maximum atomic E-state index is 10.8. The summed E-state index contributed by atoms with van der Waals surface area (Å²) in [6.45, 7) is 4.01. The molecule has 2 aromatic heterocycles. The average molecular weight is 415 g/mol. The zero-order chi connectivity index (χ0) is 21.3. The van der Waals surface area contributed by atoms with E-state index in [2.05, 4.69) is 20.3 Å². The number of aromatic nitrogens is 4. The Hall–Kier alpha value is -2.79. The summed E-state index contributed by atoms with van der Waals surface area (Å²) in [7, 11) is 0. The molecule has 1 unspecified atom stereocenters. The smallest absolute Gasteiger partial charge is 0.168 e. The standard InChI is InChI=1S/C20H25N5O5/c1-3-29-13-7-5-4-6-12(13)8-21-17-15-18(23-10-22-17)25(11-24-15)19-20(2,28)16(27)14(9-26)30-19/h4-7,10-11,14,16,19,26-28H,3,8-9H2,1-2H3,(H,21,22,23)/t14-,16-,19?,20-/m1/s1. The Labute approximate surface area is 173 Å². The Morgan fingerprint density at radius 1 is 1.27 bits per heavy atom. The molecule has 1 aliphatic heterocycles. The maximum absolute atomic E-state index is 10.8. The van der Waals surface area contributed by atoms with Crippen LogP contribution in [0.2, 0.25) is 0 Å². The van der Waals surface area contributed by atoms with Crippen molar-refractivity contribution >= 4 is 17.0 Å². The summed E-state index contributed by atoms with van der Waals surface area (Å²) >= 11 is 0. The Morgan fingerprint density at radius 2 is 2.07 bits per heavy atom. The van der Waals surface area contributed by atoms with Crippen molar-refractivity contribution in [2.45, 2.75) is 44.4 Å². The third kappa shape index (κ3) is 3.47. The molecule has 0 bridgehead atoms. The molecule has 3 heterocycles. The van der Waals surface area contributed by atoms with Crippen LogP contribution in [0, 0.1) is 0 Å². The molecule has 4 atom stereocenters. The number of nitrogens with zero attached hydrogens (tertiary/aromatic N) is 4. The fourth-order valence-electron chi connectivity index (χ4n) is 3.67. The quantitative estimate of drug-likeness (QED) is 0.443. The average Bonchev–Trinajstić information content (AvgIpc) is 3.26. The second kappa shape index (κ2) is 8.15. The number of ether oxygens (including phenoxy) is 2. The highest BCUT2D eigenvalue weighted by Crippen LogP contribution is 2.39. The third-order valence-electron chi connectivity index (χ3n) is 5.26. The molecule has 0 aliphatic carbocycles. The summed E-state index contributed by atoms with van der Waals surface area (Å²) < 4.78 is 12.9. The van der Waals surface area contributed by atoms with Crippen molar-refractivity contribution in [3.05, 3.63) is 42.5 Å². The molecule has 1 saturated heterocycles. The summed E-state index contributed by atoms with van der Waals surface area (Å²) in [6, 6.07) is 7.73. The van der Waals surface area contributed by atoms with Crippen LogP contribution in [0.15, 0.2) is 36.9 Å². The molecular weight excluding hydrogens is 390 g/mol. The van der Waals surface area contributed by atoms with E-state index in [4.69, 9.17) is 9.47 Å². The van der Waals surface area contributed by atoms with Crippen LogP contribution in [0.3, 0.4) is 0 Å². The number of aliphatic hydroxyl groups excluding tert-OH is 2. The van der Waals surface area contributed by atoms with E-state index in [0.717, 1.165) is 11.3 Å². The lowest BCUT2D eigenvalue weighted by Gasteiger charge is -2.27. The van der Waals surface area contributed by atoms with Crippen molar-refractivity contribution in [3.63, 3.8) is 0 Å². The van der Waals surface area contributed by atoms with Crippen LogP contribution in [0.4, 0.5) is 5.82 Å². The Kier molecular flexibility index (Phi) is 5.56. The van der Waals surface area contributed by atoms with Crippen molar-refractivity contribution in [3.8, 4) is 5.75 Å². The fourth-order valence-corrected chi connectivity index (χ4v) is 3.67. The molecule has 0 spiro atoms. The van der Waals surface area contributed by atoms with Gasteiger partial charge in [-0.05, 0) is 19.9 Å². The lowest BCUT2D eigenvalue weighted by molar-refractivity contribution is -0.0950. The maximum Gasteiger partial charge on any atom is 0.168 e. The lowest BCUT2D eigenvalue weighted by Crippen LogP contribution is -2.44. The van der Waals surface area contributed by atoms with Gasteiger partial charge in [-0.15, -0.1) is 0 Å². The number of para-hydroxylation sites is 1. The molecule has 1 aliphatic rings. The van der Waals surface area contributed by atoms with Crippen molar-refractivity contribution in [2.75, 3.05) is 18.5 Å². The highest BCUT2D eigenvalue weighted by molar-refractivity contribution is 5.82. The number of rotatable bonds is 7. The largest absolute Gasteiger partial charge is 0.494 e. The second-order valence-corrected chi connectivity index (χ2v) is 7.32. The molecule has 10 nitrogen and oxygen atoms in total. The van der Waals surface area contributed by atoms with Crippen LogP contribution >= 0.6 is 0 Å². The van der Waals surface area contributed by atoms with Crippen LogP contribution in [0.1, 0.15) is 25.6 Å². The van der Waals surface area contributed by atoms with Gasteiger partial charge in [0.15, 0.2) is 23.2 Å². The SMILES string of the molecule is CCOc1ccccc1CNc1ncnc2c1ncn2C1O[C@H](CO)[C@@H](O)[C@@]1(C)O. The third-order valence-corrected chi connectivity index (χ3v) is 5.26. The number of aliphatic hydroxyl groups is 3. The van der Waals surface area contributed by atoms with E-state index in [9.17, 15) is 15.3 Å². The minimum atomic E-state index is -1.63. The fraction of sp³-hybridized carbons (Fsp3) is 0.450. The first-order valence-electron chi connectivity index (χ1n) is 9.76. The first-order valence-corrected chi connectivity index (χ1v) is 9.76. The Bertz CT molecular complexity index is 1020. The Balaban J connectivity index is 1.62. The van der Waals surface area contributed by atoms with Crippen LogP contribution in [-0.2, 0) is 11.3 Å². The van der Waals surface area contributed by atoms with Crippen LogP contribution in [0.25, 0.3) is 11.2 Å². The van der Waals surface area contributed by atoms with E-state index >= 15 is 0 Å². The summed E-state index contributed by atoms with van der Waals surface area (Å²) in [6.07, 6.45) is -0.252. The van der Waals surface area contributed by atoms with Crippen LogP contribution < -0.4 is 10.1 Å². The molecule has 10 heteroatoms. The summed E-state index contributed by atoms with van der Waals surface area (Å²) in [5.74, 6) is 1.31. The zero-order valence-electron chi connectivity index (χ0n) is 16.8. The number of anilines is 1. The van der Waals surface area contributed by atoms with Gasteiger partial charge in [0.05, 0.1) is 19.5 Å². The van der Waals surface area contributed by atoms with Gasteiger partial charge in [-0.2, -0.15) is 0 Å². The molecule has 0 amide bonds. The van der Waals surface area contributed by atoms with Gasteiger partial charge < -0.3 is 30.1 Å². The van der Waals surface area contributed by atoms with Gasteiger partial charge in [-0.25, -0.2) is 15.0 Å².